The van der Waals surface area contributed by atoms with Crippen molar-refractivity contribution in [2.75, 3.05) is 33.1 Å². The van der Waals surface area contributed by atoms with Crippen molar-refractivity contribution < 1.29 is 14.3 Å². The van der Waals surface area contributed by atoms with Crippen LogP contribution in [0.2, 0.25) is 0 Å². The quantitative estimate of drug-likeness (QED) is 0.423. The van der Waals surface area contributed by atoms with E-state index in [0.717, 1.165) is 22.7 Å². The topological polar surface area (TPSA) is 75.2 Å². The Labute approximate surface area is 170 Å². The molecule has 0 heterocycles. The Morgan fingerprint density at radius 2 is 1.86 bits per heavy atom. The predicted molar refractivity (Wildman–Crippen MR) is 115 cm³/mol. The second-order valence-electron chi connectivity index (χ2n) is 6.10. The van der Waals surface area contributed by atoms with Gasteiger partial charge in [0.2, 0.25) is 0 Å². The molecule has 0 radical (unpaired) electrons. The molecule has 0 bridgehead atoms. The van der Waals surface area contributed by atoms with Gasteiger partial charge in [0.25, 0.3) is 5.91 Å². The lowest BCUT2D eigenvalue weighted by Gasteiger charge is -2.12. The van der Waals surface area contributed by atoms with Crippen molar-refractivity contribution in [3.63, 3.8) is 0 Å². The molecule has 7 nitrogen and oxygen atoms in total. The molecule has 0 aliphatic heterocycles. The molecule has 0 saturated heterocycles. The van der Waals surface area contributed by atoms with Crippen LogP contribution in [0, 0.1) is 0 Å². The number of hydrogen-bond acceptors (Lipinski definition) is 5. The highest BCUT2D eigenvalue weighted by Gasteiger charge is 2.05. The molecule has 2 N–H and O–H groups in total. The number of methoxy groups -OCH3 is 1. The van der Waals surface area contributed by atoms with Gasteiger partial charge in [0.1, 0.15) is 11.5 Å². The first-order valence-electron chi connectivity index (χ1n) is 8.57. The van der Waals surface area contributed by atoms with E-state index in [1.54, 1.807) is 33.3 Å². The summed E-state index contributed by atoms with van der Waals surface area (Å²) in [4.78, 5) is 13.0. The van der Waals surface area contributed by atoms with Crippen LogP contribution >= 0.6 is 12.2 Å². The lowest BCUT2D eigenvalue weighted by molar-refractivity contribution is -0.130. The largest absolute Gasteiger partial charge is 0.497 e. The Morgan fingerprint density at radius 3 is 2.50 bits per heavy atom. The number of hydrogen-bond donors (Lipinski definition) is 2. The van der Waals surface area contributed by atoms with E-state index >= 15 is 0 Å². The highest BCUT2D eigenvalue weighted by Crippen LogP contribution is 2.16. The molecule has 0 unspecified atom stereocenters. The van der Waals surface area contributed by atoms with Crippen LogP contribution in [0.3, 0.4) is 0 Å². The van der Waals surface area contributed by atoms with Gasteiger partial charge in [-0.15, -0.1) is 0 Å². The van der Waals surface area contributed by atoms with E-state index in [-0.39, 0.29) is 12.5 Å². The average Bonchev–Trinajstić information content (AvgIpc) is 2.70. The van der Waals surface area contributed by atoms with Crippen molar-refractivity contribution >= 4 is 34.6 Å². The van der Waals surface area contributed by atoms with E-state index in [0.29, 0.717) is 10.9 Å². The number of amides is 1. The molecular weight excluding hydrogens is 376 g/mol. The fourth-order valence-corrected chi connectivity index (χ4v) is 2.29. The second-order valence-corrected chi connectivity index (χ2v) is 6.50. The lowest BCUT2D eigenvalue weighted by atomic mass is 10.1. The smallest absolute Gasteiger partial charge is 0.259 e. The van der Waals surface area contributed by atoms with E-state index in [2.05, 4.69) is 15.8 Å². The van der Waals surface area contributed by atoms with E-state index < -0.39 is 0 Å². The molecule has 0 saturated carbocycles. The Bertz CT molecular complexity index is 851. The predicted octanol–water partition coefficient (Wildman–Crippen LogP) is 2.87. The molecule has 0 aliphatic rings. The third-order valence-corrected chi connectivity index (χ3v) is 3.98. The van der Waals surface area contributed by atoms with Crippen molar-refractivity contribution in [3.8, 4) is 11.5 Å². The molecule has 28 heavy (non-hydrogen) atoms. The van der Waals surface area contributed by atoms with Crippen LogP contribution in [-0.4, -0.2) is 49.4 Å². The lowest BCUT2D eigenvalue weighted by Crippen LogP contribution is -2.27. The van der Waals surface area contributed by atoms with Crippen molar-refractivity contribution in [2.45, 2.75) is 6.92 Å². The van der Waals surface area contributed by atoms with Crippen molar-refractivity contribution in [3.05, 3.63) is 54.1 Å². The second kappa shape index (κ2) is 10.3. The minimum Gasteiger partial charge on any atom is -0.497 e. The molecular formula is C20H24N4O3S. The first kappa shape index (κ1) is 21.2. The van der Waals surface area contributed by atoms with Crippen LogP contribution in [-0.2, 0) is 4.79 Å². The number of hydrazone groups is 1. The van der Waals surface area contributed by atoms with Gasteiger partial charge in [-0.2, -0.15) is 5.10 Å². The number of likely N-dealkylation sites (N-methyl/N-ethyl adjacent to an activating group) is 1. The first-order valence-corrected chi connectivity index (χ1v) is 8.98. The van der Waals surface area contributed by atoms with E-state index in [1.807, 2.05) is 43.3 Å². The molecule has 0 fully saturated rings. The Morgan fingerprint density at radius 1 is 1.14 bits per heavy atom. The Hall–Kier alpha value is -3.13. The van der Waals surface area contributed by atoms with Gasteiger partial charge in [0, 0.05) is 25.8 Å². The van der Waals surface area contributed by atoms with Crippen LogP contribution in [0.1, 0.15) is 12.5 Å². The van der Waals surface area contributed by atoms with Crippen LogP contribution < -0.4 is 20.2 Å². The normalized spacial score (nSPS) is 10.8. The molecule has 2 aromatic carbocycles. The summed E-state index contributed by atoms with van der Waals surface area (Å²) in [7, 11) is 4.99. The summed E-state index contributed by atoms with van der Waals surface area (Å²) in [6.45, 7) is 1.87. The number of carbonyl (C=O) groups is 1. The van der Waals surface area contributed by atoms with Crippen LogP contribution in [0.15, 0.2) is 53.6 Å². The number of carbonyl (C=O) groups excluding carboxylic acids is 1. The average molecular weight is 401 g/mol. The van der Waals surface area contributed by atoms with Gasteiger partial charge >= 0.3 is 0 Å². The molecule has 0 atom stereocenters. The number of ether oxygens (including phenoxy) is 2. The number of rotatable bonds is 7. The van der Waals surface area contributed by atoms with Crippen LogP contribution in [0.5, 0.6) is 11.5 Å². The maximum absolute atomic E-state index is 11.6. The number of benzene rings is 2. The molecule has 8 heteroatoms. The highest BCUT2D eigenvalue weighted by molar-refractivity contribution is 7.80. The monoisotopic (exact) mass is 400 g/mol. The van der Waals surface area contributed by atoms with Gasteiger partial charge in [-0.25, -0.2) is 0 Å². The van der Waals surface area contributed by atoms with Gasteiger partial charge < -0.3 is 19.7 Å². The van der Waals surface area contributed by atoms with E-state index in [9.17, 15) is 4.79 Å². The third kappa shape index (κ3) is 6.55. The van der Waals surface area contributed by atoms with Crippen molar-refractivity contribution in [1.29, 1.82) is 0 Å². The zero-order valence-corrected chi connectivity index (χ0v) is 17.2. The minimum atomic E-state index is -0.0944. The fraction of sp³-hybridized carbons (Fsp3) is 0.250. The third-order valence-electron chi connectivity index (χ3n) is 3.79. The van der Waals surface area contributed by atoms with Gasteiger partial charge in [-0.05, 0) is 61.1 Å². The summed E-state index contributed by atoms with van der Waals surface area (Å²) in [5.74, 6) is 1.26. The zero-order valence-electron chi connectivity index (χ0n) is 16.4. The first-order chi connectivity index (χ1) is 13.4. The van der Waals surface area contributed by atoms with Crippen molar-refractivity contribution in [1.82, 2.24) is 10.3 Å². The summed E-state index contributed by atoms with van der Waals surface area (Å²) in [5, 5.41) is 7.71. The van der Waals surface area contributed by atoms with E-state index in [1.165, 1.54) is 4.90 Å². The molecule has 0 aromatic heterocycles. The van der Waals surface area contributed by atoms with Crippen molar-refractivity contribution in [2.24, 2.45) is 5.10 Å². The Balaban J connectivity index is 1.89. The molecule has 0 spiro atoms. The maximum Gasteiger partial charge on any atom is 0.259 e. The summed E-state index contributed by atoms with van der Waals surface area (Å²) in [6.07, 6.45) is 0. The SMILES string of the molecule is COc1cccc(NC(=S)N/N=C(\C)c2ccc(OCC(=O)N(C)C)cc2)c1. The fourth-order valence-electron chi connectivity index (χ4n) is 2.13. The highest BCUT2D eigenvalue weighted by atomic mass is 32.1. The maximum atomic E-state index is 11.6. The van der Waals surface area contributed by atoms with Gasteiger partial charge in [-0.3, -0.25) is 10.2 Å². The summed E-state index contributed by atoms with van der Waals surface area (Å²) in [6, 6.07) is 14.8. The van der Waals surface area contributed by atoms with Crippen LogP contribution in [0.25, 0.3) is 0 Å². The molecule has 2 aromatic rings. The van der Waals surface area contributed by atoms with Gasteiger partial charge in [-0.1, -0.05) is 6.07 Å². The standard InChI is InChI=1S/C20H24N4O3S/c1-14(15-8-10-17(11-9-15)27-13-19(25)24(2)3)22-23-20(28)21-16-6-5-7-18(12-16)26-4/h5-12H,13H2,1-4H3,(H2,21,23,28)/b22-14+. The van der Waals surface area contributed by atoms with Gasteiger partial charge in [0.05, 0.1) is 12.8 Å². The number of anilines is 1. The van der Waals surface area contributed by atoms with E-state index in [4.69, 9.17) is 21.7 Å². The zero-order chi connectivity index (χ0) is 20.5. The summed E-state index contributed by atoms with van der Waals surface area (Å²) < 4.78 is 10.6. The molecule has 148 valence electrons. The number of nitrogens with zero attached hydrogens (tertiary/aromatic N) is 2. The summed E-state index contributed by atoms with van der Waals surface area (Å²) in [5.41, 5.74) is 5.29. The molecule has 2 rings (SSSR count). The number of nitrogens with one attached hydrogen (secondary N) is 2. The Kier molecular flexibility index (Phi) is 7.76. The molecule has 1 amide bonds. The van der Waals surface area contributed by atoms with Crippen LogP contribution in [0.4, 0.5) is 5.69 Å². The minimum absolute atomic E-state index is 0.00514. The molecule has 0 aliphatic carbocycles. The van der Waals surface area contributed by atoms with Gasteiger partial charge in [0.15, 0.2) is 11.7 Å². The summed E-state index contributed by atoms with van der Waals surface area (Å²) >= 11 is 5.26. The number of thiocarbonyl (C=S) groups is 1.